The summed E-state index contributed by atoms with van der Waals surface area (Å²) in [6.45, 7) is 4.60. The van der Waals surface area contributed by atoms with E-state index in [4.69, 9.17) is 33.2 Å². The summed E-state index contributed by atoms with van der Waals surface area (Å²) in [4.78, 5) is 18.1. The van der Waals surface area contributed by atoms with E-state index >= 15 is 0 Å². The van der Waals surface area contributed by atoms with E-state index in [-0.39, 0.29) is 128 Å². The summed E-state index contributed by atoms with van der Waals surface area (Å²) in [6, 6.07) is 45.5. The van der Waals surface area contributed by atoms with Crippen LogP contribution in [0, 0.1) is 23.3 Å². The summed E-state index contributed by atoms with van der Waals surface area (Å²) in [5.74, 6) is -2.99. The number of esters is 1. The first kappa shape index (κ1) is 110. The molecule has 0 saturated carbocycles. The number of halogens is 30. The van der Waals surface area contributed by atoms with Crippen LogP contribution in [0.1, 0.15) is 143 Å². The fourth-order valence-electron chi connectivity index (χ4n) is 16.2. The molecule has 138 heavy (non-hydrogen) atoms. The lowest BCUT2D eigenvalue weighted by Gasteiger charge is -2.55. The van der Waals surface area contributed by atoms with Crippen LogP contribution in [-0.2, 0) is 95.7 Å². The number of rotatable bonds is 14. The van der Waals surface area contributed by atoms with Crippen LogP contribution < -0.4 is 24.0 Å². The van der Waals surface area contributed by atoms with Gasteiger partial charge in [-0.1, -0.05) is 103 Å². The molecule has 748 valence electrons. The standard InChI is InChI=1S/C27H23F7NO2.C26H20F7NO3.C20H16F7NO2.C15H17F6NO3.C6H5F.ClH.HI/c28-22-8-6-18(7-9-22)24-25-36-11-10-35(24,15-17-4-2-1-3-5-17)16-23(37-25)19-12-20(26(29,30)31)14-21(13-19)27(32,33)34;27-21-8-6-17(7-9-21)22-24(36-11-10-34(22)15-16-4-2-1-3-5-16)37-23(35)18-12-19(25(28,29)30)14-20(13-18)26(31,32)33;21-15-3-1-11(2-4-15)17-18-29-6-5-28(17)10-16(30-18)12-7-13(19(22,23)24)9-14(8-12)20(25,26)27;1-8-13(24)25-3-2-22(8)7-12(23)9-4-10(14(16,17)18)6-11(5-9)15(19,20)21;7-6-4-2-1-3-5-6;;/h1-9,12-14,23-25H,10-11,15-16H2;1-9,12-14,22,24H,10-11,15H2;1-4,7-9,16-18H,5-6,10H2;4-6,8,12-13,23-24H,2-3,7H2,1H3;1-5H;2*1H/q+1;;;;;;/p-1/t;22-,24+;;8-,12+,13+;;;/m.0.0.../s1. The molecular weight excluding hydrogens is 2040 g/mol. The fraction of sp³-hybridized carbons (Fsp3) is 0.351. The Morgan fingerprint density at radius 2 is 0.783 bits per heavy atom. The van der Waals surface area contributed by atoms with Crippen molar-refractivity contribution in [1.29, 1.82) is 0 Å². The van der Waals surface area contributed by atoms with Gasteiger partial charge in [0.25, 0.3) is 0 Å². The molecule has 13 atom stereocenters. The quantitative estimate of drug-likeness (QED) is 0.0464. The maximum absolute atomic E-state index is 13.7. The molecule has 10 aromatic carbocycles. The van der Waals surface area contributed by atoms with Crippen LogP contribution in [0.25, 0.3) is 0 Å². The Hall–Kier alpha value is -9.75. The van der Waals surface area contributed by atoms with E-state index in [1.807, 2.05) is 70.5 Å². The second-order valence-electron chi connectivity index (χ2n) is 32.2. The maximum Gasteiger partial charge on any atom is 0.416 e. The van der Waals surface area contributed by atoms with Gasteiger partial charge in [0.15, 0.2) is 18.6 Å². The minimum absolute atomic E-state index is 0. The lowest BCUT2D eigenvalue weighted by molar-refractivity contribution is -0.997. The molecular formula is C94H82ClF28IN4O10. The lowest BCUT2D eigenvalue weighted by Crippen LogP contribution is -3.00. The minimum atomic E-state index is -5.12. The van der Waals surface area contributed by atoms with Gasteiger partial charge in [-0.3, -0.25) is 14.7 Å². The summed E-state index contributed by atoms with van der Waals surface area (Å²) in [6.07, 6.45) is -48.1. The van der Waals surface area contributed by atoms with Crippen molar-refractivity contribution in [3.8, 4) is 0 Å². The van der Waals surface area contributed by atoms with Crippen LogP contribution in [0.5, 0.6) is 0 Å². The second-order valence-corrected chi connectivity index (χ2v) is 32.2. The number of aliphatic hydroxyl groups is 2. The van der Waals surface area contributed by atoms with Crippen molar-refractivity contribution >= 4 is 18.4 Å². The second kappa shape index (κ2) is 45.4. The number of ether oxygens (including phenoxy) is 7. The number of carbonyl (C=O) groups excluding carboxylic acids is 1. The van der Waals surface area contributed by atoms with E-state index in [1.165, 1.54) is 65.6 Å². The van der Waals surface area contributed by atoms with Crippen LogP contribution in [0.15, 0.2) is 237 Å². The van der Waals surface area contributed by atoms with Crippen molar-refractivity contribution in [3.05, 3.63) is 354 Å². The first-order valence-corrected chi connectivity index (χ1v) is 41.3. The van der Waals surface area contributed by atoms with Gasteiger partial charge in [0.2, 0.25) is 12.6 Å². The minimum Gasteiger partial charge on any atom is -1.00 e. The lowest BCUT2D eigenvalue weighted by atomic mass is 9.92. The number of benzene rings is 10. The summed E-state index contributed by atoms with van der Waals surface area (Å²) in [5.41, 5.74) is -9.96. The molecule has 4 bridgehead atoms. The van der Waals surface area contributed by atoms with Gasteiger partial charge in [-0.25, -0.2) is 22.4 Å². The number of alkyl halides is 24. The van der Waals surface area contributed by atoms with E-state index in [9.17, 15) is 138 Å². The highest BCUT2D eigenvalue weighted by molar-refractivity contribution is 5.90. The monoisotopic (exact) mass is 2120 g/mol. The molecule has 6 aliphatic heterocycles. The zero-order chi connectivity index (χ0) is 99.0. The van der Waals surface area contributed by atoms with E-state index < -0.39 is 196 Å². The molecule has 0 radical (unpaired) electrons. The summed E-state index contributed by atoms with van der Waals surface area (Å²) < 4.78 is 409. The van der Waals surface area contributed by atoms with Crippen LogP contribution in [0.4, 0.5) is 123 Å². The van der Waals surface area contributed by atoms with Crippen molar-refractivity contribution in [3.63, 3.8) is 0 Å². The summed E-state index contributed by atoms with van der Waals surface area (Å²) in [7, 11) is 0. The highest BCUT2D eigenvalue weighted by Gasteiger charge is 2.56. The molecule has 14 nitrogen and oxygen atoms in total. The van der Waals surface area contributed by atoms with Crippen molar-refractivity contribution < 1.29 is 200 Å². The van der Waals surface area contributed by atoms with Crippen LogP contribution >= 0.6 is 12.4 Å². The van der Waals surface area contributed by atoms with E-state index in [0.717, 1.165) is 11.1 Å². The molecule has 0 amide bonds. The van der Waals surface area contributed by atoms with Gasteiger partial charge in [-0.2, -0.15) is 105 Å². The van der Waals surface area contributed by atoms with Gasteiger partial charge in [0.05, 0.1) is 107 Å². The number of nitrogens with zero attached hydrogens (tertiary/aromatic N) is 4. The fourth-order valence-corrected chi connectivity index (χ4v) is 16.2. The van der Waals surface area contributed by atoms with Gasteiger partial charge >= 0.3 is 55.4 Å². The normalized spacial score (nSPS) is 22.9. The largest absolute Gasteiger partial charge is 1.00 e. The predicted octanol–water partition coefficient (Wildman–Crippen LogP) is 21.1. The molecule has 6 saturated heterocycles. The van der Waals surface area contributed by atoms with Crippen molar-refractivity contribution in [1.82, 2.24) is 14.7 Å². The number of quaternary nitrogens is 1. The topological polar surface area (TPSA) is 132 Å². The van der Waals surface area contributed by atoms with E-state index in [2.05, 4.69) is 0 Å². The first-order chi connectivity index (χ1) is 63.7. The third kappa shape index (κ3) is 29.0. The molecule has 10 aromatic rings. The number of aliphatic hydroxyl groups excluding tert-OH is 2. The molecule has 44 heteroatoms. The first-order valence-electron chi connectivity index (χ1n) is 41.3. The van der Waals surface area contributed by atoms with Crippen LogP contribution in [0.3, 0.4) is 0 Å². The van der Waals surface area contributed by atoms with Crippen molar-refractivity contribution in [2.45, 2.75) is 137 Å². The third-order valence-corrected chi connectivity index (χ3v) is 22.8. The average Bonchev–Trinajstić information content (AvgIpc) is 0.729. The van der Waals surface area contributed by atoms with Gasteiger partial charge < -0.3 is 71.8 Å². The van der Waals surface area contributed by atoms with Gasteiger partial charge in [0, 0.05) is 50.4 Å². The summed E-state index contributed by atoms with van der Waals surface area (Å²) in [5, 5.41) is 19.7. The highest BCUT2D eigenvalue weighted by atomic mass is 127. The molecule has 6 fully saturated rings. The number of morpholine rings is 6. The number of fused-ring (bicyclic) bond motifs is 4. The Labute approximate surface area is 792 Å². The smallest absolute Gasteiger partial charge is 0.416 e. The van der Waals surface area contributed by atoms with Crippen molar-refractivity contribution in [2.75, 3.05) is 72.2 Å². The predicted molar refractivity (Wildman–Crippen MR) is 436 cm³/mol. The Kier molecular flexibility index (Phi) is 36.3. The number of β-amino-alcohol motifs (C(OH)–C–C–N with tert-alkyl or cyclic N) is 1. The molecule has 6 aliphatic rings. The van der Waals surface area contributed by atoms with Gasteiger partial charge in [0.1, 0.15) is 49.0 Å². The van der Waals surface area contributed by atoms with Gasteiger partial charge in [-0.05, 0) is 174 Å². The average molecular weight is 2120 g/mol. The van der Waals surface area contributed by atoms with Crippen LogP contribution in [-0.4, -0.2) is 139 Å². The molecule has 6 heterocycles. The molecule has 0 aromatic heterocycles. The third-order valence-electron chi connectivity index (χ3n) is 22.8. The molecule has 16 rings (SSSR count). The zero-order valence-electron chi connectivity index (χ0n) is 71.4. The molecule has 0 spiro atoms. The molecule has 2 N–H and O–H groups in total. The molecule has 0 aliphatic carbocycles. The number of carbonyl (C=O) groups is 1. The Morgan fingerprint density at radius 1 is 0.413 bits per heavy atom. The highest BCUT2D eigenvalue weighted by Crippen LogP contribution is 2.51. The van der Waals surface area contributed by atoms with Crippen LogP contribution in [0.2, 0.25) is 0 Å². The maximum atomic E-state index is 13.7. The Morgan fingerprint density at radius 3 is 1.22 bits per heavy atom. The Balaban J connectivity index is 0.000000186. The van der Waals surface area contributed by atoms with E-state index in [0.29, 0.717) is 105 Å². The zero-order valence-corrected chi connectivity index (χ0v) is 74.4. The van der Waals surface area contributed by atoms with E-state index in [1.54, 1.807) is 49.4 Å². The van der Waals surface area contributed by atoms with Gasteiger partial charge in [-0.15, -0.1) is 12.4 Å². The Bertz CT molecular complexity index is 5480. The molecule has 8 unspecified atom stereocenters. The number of hydrogen-bond donors (Lipinski definition) is 2. The SMILES string of the molecule is C[C@H]1[C@H](O)OCCN1C[C@@H](O)c1cc(C(F)(F)F)cc(C(F)(F)F)c1.Cl.Fc1ccc(C2C3OCCN2CC(c2cc(C(F)(F)F)cc(C(F)(F)F)c2)O3)cc1.Fc1ccc(C2C3OCC[N+]2(Cc2ccccc2)CC(c2cc(C(F)(F)F)cc(C(F)(F)F)c2)O3)cc1.Fc1ccccc1.O=C(O[C@H]1OCCN(Cc2ccccc2)[C@H]1c1ccc(F)cc1)c1cc(C(F)(F)F)cc(C(F)(F)F)c1.[I-]. The number of hydrogen-bond acceptors (Lipinski definition) is 13. The summed E-state index contributed by atoms with van der Waals surface area (Å²) >= 11 is 0. The van der Waals surface area contributed by atoms with Crippen molar-refractivity contribution in [2.24, 2.45) is 0 Å².